The van der Waals surface area contributed by atoms with Crippen LogP contribution in [0, 0.1) is 9.81 Å². The topological polar surface area (TPSA) is 197 Å². The Balaban J connectivity index is 1.87. The molecule has 4 rings (SSSR count). The minimum absolute atomic E-state index is 0.106. The second-order valence-electron chi connectivity index (χ2n) is 6.44. The second kappa shape index (κ2) is 7.94. The standard InChI is InChI=1S/2C8H7NO6.Sb/c2*10-6(11)5-1-3-8(4-2-5,7(12)13)9(14)15;/h2*1-3H,4H2,(H,10,11)(H,12,13);/q;;+3/p-1. The van der Waals surface area contributed by atoms with Crippen LogP contribution in [0.2, 0.25) is 0 Å². The molecule has 4 aliphatic rings. The molecule has 3 N–H and O–H groups in total. The molecule has 0 aromatic rings. The summed E-state index contributed by atoms with van der Waals surface area (Å²) in [6.07, 6.45) is 4.68. The Hall–Kier alpha value is -3.54. The average Bonchev–Trinajstić information content (AvgIpc) is 2.80. The number of carbonyl (C=O) groups is 4. The summed E-state index contributed by atoms with van der Waals surface area (Å²) in [5.74, 6) is -5.73. The van der Waals surface area contributed by atoms with Gasteiger partial charge in [-0.05, 0) is 0 Å². The molecule has 0 saturated carbocycles. The number of aliphatic carboxylic acids is 3. The van der Waals surface area contributed by atoms with E-state index in [1.807, 2.05) is 0 Å². The van der Waals surface area contributed by atoms with Crippen LogP contribution in [0.25, 0.3) is 0 Å². The van der Waals surface area contributed by atoms with Gasteiger partial charge in [0.15, 0.2) is 0 Å². The molecule has 14 nitrogen and oxygen atoms in total. The number of hydrogen-bond acceptors (Lipinski definition) is 9. The molecule has 2 heterocycles. The van der Waals surface area contributed by atoms with Crippen LogP contribution in [0.4, 0.5) is 0 Å². The van der Waals surface area contributed by atoms with Crippen LogP contribution in [-0.4, -0.2) is 81.6 Å². The zero-order valence-electron chi connectivity index (χ0n) is 15.2. The summed E-state index contributed by atoms with van der Waals surface area (Å²) in [5, 5.41) is 27.9. The SMILES string of the molecule is O=C(O)C1=CCC(C(=O)O)([N+](=O)[O][Sb]2[O]C(=O)C3=CCC(C(=O)O)(C=C3)[N+](=O)[O]2)C=C1. The first-order valence-electron chi connectivity index (χ1n) is 8.34. The van der Waals surface area contributed by atoms with Gasteiger partial charge in [-0.3, -0.25) is 0 Å². The molecule has 15 heteroatoms. The van der Waals surface area contributed by atoms with Gasteiger partial charge in [0.25, 0.3) is 0 Å². The molecule has 162 valence electrons. The van der Waals surface area contributed by atoms with Crippen LogP contribution < -0.4 is 0 Å². The predicted molar refractivity (Wildman–Crippen MR) is 93.3 cm³/mol. The van der Waals surface area contributed by atoms with Gasteiger partial charge in [0.05, 0.1) is 0 Å². The summed E-state index contributed by atoms with van der Waals surface area (Å²) in [5.41, 5.74) is -5.05. The summed E-state index contributed by atoms with van der Waals surface area (Å²) in [4.78, 5) is 70.8. The van der Waals surface area contributed by atoms with Gasteiger partial charge in [-0.1, -0.05) is 0 Å². The van der Waals surface area contributed by atoms with Crippen molar-refractivity contribution in [3.8, 4) is 0 Å². The first-order chi connectivity index (χ1) is 14.5. The summed E-state index contributed by atoms with van der Waals surface area (Å²) in [6, 6.07) is 0. The van der Waals surface area contributed by atoms with Crippen molar-refractivity contribution in [1.82, 2.24) is 0 Å². The molecule has 0 spiro atoms. The van der Waals surface area contributed by atoms with Crippen molar-refractivity contribution in [1.29, 1.82) is 0 Å². The third kappa shape index (κ3) is 3.81. The Morgan fingerprint density at radius 2 is 1.81 bits per heavy atom. The Morgan fingerprint density at radius 1 is 1.10 bits per heavy atom. The Labute approximate surface area is 180 Å². The summed E-state index contributed by atoms with van der Waals surface area (Å²) in [7, 11) is 0. The minimum atomic E-state index is -4.65. The van der Waals surface area contributed by atoms with Gasteiger partial charge < -0.3 is 0 Å². The zero-order valence-corrected chi connectivity index (χ0v) is 17.8. The van der Waals surface area contributed by atoms with Crippen LogP contribution in [0.15, 0.2) is 47.6 Å². The first-order valence-corrected chi connectivity index (χ1v) is 11.5. The van der Waals surface area contributed by atoms with E-state index in [-0.39, 0.29) is 16.1 Å². The number of carboxylic acids is 3. The second-order valence-corrected chi connectivity index (χ2v) is 9.17. The Bertz CT molecular complexity index is 1040. The molecule has 2 aliphatic heterocycles. The molecule has 0 aromatic carbocycles. The van der Waals surface area contributed by atoms with Crippen LogP contribution in [0.3, 0.4) is 0 Å². The fourth-order valence-electron chi connectivity index (χ4n) is 2.75. The number of rotatable bonds is 6. The van der Waals surface area contributed by atoms with Crippen LogP contribution in [0.5, 0.6) is 0 Å². The fourth-order valence-corrected chi connectivity index (χ4v) is 5.23. The molecule has 0 radical (unpaired) electrons. The van der Waals surface area contributed by atoms with Gasteiger partial charge in [-0.2, -0.15) is 0 Å². The summed E-state index contributed by atoms with van der Waals surface area (Å²) >= 11 is -4.65. The number of nitrogens with zero attached hydrogens (tertiary/aromatic N) is 2. The third-order valence-electron chi connectivity index (χ3n) is 4.66. The molecular weight excluding hydrogens is 534 g/mol. The van der Waals surface area contributed by atoms with Crippen molar-refractivity contribution in [3.05, 3.63) is 57.4 Å². The molecule has 0 fully saturated rings. The van der Waals surface area contributed by atoms with E-state index in [0.717, 1.165) is 36.5 Å². The van der Waals surface area contributed by atoms with Gasteiger partial charge in [0.2, 0.25) is 0 Å². The van der Waals surface area contributed by atoms with Crippen LogP contribution in [0.1, 0.15) is 12.8 Å². The normalized spacial score (nSPS) is 27.6. The van der Waals surface area contributed by atoms with Gasteiger partial charge in [-0.25, -0.2) is 0 Å². The zero-order chi connectivity index (χ0) is 23.0. The van der Waals surface area contributed by atoms with E-state index in [2.05, 4.69) is 0 Å². The molecule has 2 atom stereocenters. The maximum absolute atomic E-state index is 12.6. The van der Waals surface area contributed by atoms with E-state index in [0.29, 0.717) is 0 Å². The van der Waals surface area contributed by atoms with Crippen LogP contribution in [-0.2, 0) is 28.4 Å². The maximum atomic E-state index is 12.6. The van der Waals surface area contributed by atoms with Crippen molar-refractivity contribution >= 4 is 45.3 Å². The number of hydrogen-bond donors (Lipinski definition) is 3. The third-order valence-corrected chi connectivity index (χ3v) is 7.16. The molecule has 2 unspecified atom stereocenters. The molecule has 0 amide bonds. The van der Waals surface area contributed by atoms with E-state index in [4.69, 9.17) is 14.4 Å². The first kappa shape index (κ1) is 22.2. The number of carbonyl (C=O) groups excluding carboxylic acids is 1. The molecule has 2 aliphatic carbocycles. The fraction of sp³-hybridized carbons (Fsp3) is 0.250. The van der Waals surface area contributed by atoms with Crippen molar-refractivity contribution in [3.63, 3.8) is 0 Å². The molecule has 2 bridgehead atoms. The van der Waals surface area contributed by atoms with Crippen molar-refractivity contribution < 1.29 is 53.6 Å². The molecule has 31 heavy (non-hydrogen) atoms. The molecular formula is C16H13N2O12Sb+2. The van der Waals surface area contributed by atoms with Crippen LogP contribution >= 0.6 is 0 Å². The van der Waals surface area contributed by atoms with E-state index in [1.165, 1.54) is 0 Å². The van der Waals surface area contributed by atoms with Gasteiger partial charge in [0, 0.05) is 0 Å². The van der Waals surface area contributed by atoms with E-state index < -0.39 is 74.2 Å². The molecule has 0 aromatic heterocycles. The number of carboxylic acid groups (broad SMARTS) is 3. The van der Waals surface area contributed by atoms with Crippen molar-refractivity contribution in [2.24, 2.45) is 0 Å². The molecule has 0 saturated heterocycles. The van der Waals surface area contributed by atoms with Crippen molar-refractivity contribution in [2.45, 2.75) is 23.9 Å². The van der Waals surface area contributed by atoms with Gasteiger partial charge in [0.1, 0.15) is 0 Å². The van der Waals surface area contributed by atoms with E-state index in [1.54, 1.807) is 0 Å². The van der Waals surface area contributed by atoms with E-state index >= 15 is 0 Å². The monoisotopic (exact) mass is 546 g/mol. The predicted octanol–water partition coefficient (Wildman–Crippen LogP) is -0.547. The average molecular weight is 547 g/mol. The van der Waals surface area contributed by atoms with Crippen molar-refractivity contribution in [2.75, 3.05) is 0 Å². The quantitative estimate of drug-likeness (QED) is 0.284. The van der Waals surface area contributed by atoms with Gasteiger partial charge >= 0.3 is 180 Å². The summed E-state index contributed by atoms with van der Waals surface area (Å²) < 4.78 is 14.6. The van der Waals surface area contributed by atoms with Gasteiger partial charge in [-0.15, -0.1) is 0 Å². The van der Waals surface area contributed by atoms with E-state index in [9.17, 15) is 39.2 Å². The Morgan fingerprint density at radius 3 is 2.29 bits per heavy atom. The number of fused-ring (bicyclic) bond motifs is 5. The summed E-state index contributed by atoms with van der Waals surface area (Å²) in [6.45, 7) is 0. The Kier molecular flexibility index (Phi) is 5.68.